The monoisotopic (exact) mass is 622 g/mol. The van der Waals surface area contributed by atoms with Crippen molar-refractivity contribution in [2.75, 3.05) is 7.11 Å². The molecule has 2 bridgehead atoms. The zero-order valence-corrected chi connectivity index (χ0v) is 23.8. The van der Waals surface area contributed by atoms with Crippen molar-refractivity contribution in [1.82, 2.24) is 0 Å². The number of hydrogen-bond donors (Lipinski definition) is 6. The number of carbonyl (C=O) groups excluding carboxylic acids is 4. The van der Waals surface area contributed by atoms with Gasteiger partial charge in [0.1, 0.15) is 46.2 Å². The van der Waals surface area contributed by atoms with Crippen LogP contribution in [-0.4, -0.2) is 72.8 Å². The van der Waals surface area contributed by atoms with Crippen molar-refractivity contribution in [3.63, 3.8) is 0 Å². The molecule has 8 rings (SSSR count). The maximum Gasteiger partial charge on any atom is 0.358 e. The first-order valence-electron chi connectivity index (χ1n) is 13.5. The number of halogens is 1. The zero-order valence-electron chi connectivity index (χ0n) is 23.0. The summed E-state index contributed by atoms with van der Waals surface area (Å²) in [6.07, 6.45) is -1.25. The number of phenolic OH excluding ortho intramolecular Hbond substituents is 3. The van der Waals surface area contributed by atoms with Crippen LogP contribution in [0.5, 0.6) is 23.0 Å². The number of aliphatic hydroxyl groups is 3. The molecule has 13 heteroatoms. The van der Waals surface area contributed by atoms with Gasteiger partial charge in [-0.15, -0.1) is 0 Å². The summed E-state index contributed by atoms with van der Waals surface area (Å²) in [5.74, 6) is -9.06. The minimum Gasteiger partial charge on any atom is -0.507 e. The van der Waals surface area contributed by atoms with E-state index < -0.39 is 120 Å². The minimum absolute atomic E-state index is 0.0264. The molecule has 0 aromatic heterocycles. The molecular weight excluding hydrogens is 600 g/mol. The molecule has 1 saturated carbocycles. The van der Waals surface area contributed by atoms with Crippen molar-refractivity contribution in [2.24, 2.45) is 5.41 Å². The lowest BCUT2D eigenvalue weighted by Gasteiger charge is -2.44. The molecule has 1 spiro atoms. The third-order valence-corrected chi connectivity index (χ3v) is 9.80. The Bertz CT molecular complexity index is 1930. The van der Waals surface area contributed by atoms with E-state index in [1.807, 2.05) is 0 Å². The lowest BCUT2D eigenvalue weighted by Crippen LogP contribution is -2.61. The quantitative estimate of drug-likeness (QED) is 0.154. The number of methoxy groups -OCH3 is 1. The molecule has 2 aromatic carbocycles. The molecule has 0 saturated heterocycles. The third-order valence-electron chi connectivity index (χ3n) is 9.39. The van der Waals surface area contributed by atoms with Crippen LogP contribution in [0.15, 0.2) is 34.9 Å². The summed E-state index contributed by atoms with van der Waals surface area (Å²) in [7, 11) is 0.988. The summed E-state index contributed by atoms with van der Waals surface area (Å²) in [6, 6.07) is 2.12. The van der Waals surface area contributed by atoms with Crippen molar-refractivity contribution < 1.29 is 59.3 Å². The van der Waals surface area contributed by atoms with Gasteiger partial charge >= 0.3 is 5.97 Å². The van der Waals surface area contributed by atoms with E-state index in [0.29, 0.717) is 0 Å². The number of ketones is 3. The second-order valence-corrected chi connectivity index (χ2v) is 11.9. The molecular formula is C31H23ClO12. The first-order valence-corrected chi connectivity index (χ1v) is 13.9. The summed E-state index contributed by atoms with van der Waals surface area (Å²) in [4.78, 5) is 55.0. The van der Waals surface area contributed by atoms with E-state index in [0.717, 1.165) is 19.2 Å². The summed E-state index contributed by atoms with van der Waals surface area (Å²) in [6.45, 7) is 1.52. The van der Waals surface area contributed by atoms with Gasteiger partial charge in [-0.05, 0) is 37.5 Å². The van der Waals surface area contributed by atoms with Crippen LogP contribution >= 0.6 is 11.6 Å². The van der Waals surface area contributed by atoms with Gasteiger partial charge in [0.05, 0.1) is 45.7 Å². The number of aromatic hydroxyl groups is 3. The summed E-state index contributed by atoms with van der Waals surface area (Å²) in [5, 5.41) is 66.1. The van der Waals surface area contributed by atoms with E-state index in [2.05, 4.69) is 0 Å². The SMILES string of the molecule is COC(=O)[C@]12Oc3c(c(O)c(Cl)c4c3[C@@H]3C(=O)C5=C(O)c6c(O)ccc(O)c6C(=O)[C@@]5(C=C3C)C4)C(O)=C1C(=O)CC[C@@H]2O. The van der Waals surface area contributed by atoms with Crippen molar-refractivity contribution in [2.45, 2.75) is 43.8 Å². The first kappa shape index (κ1) is 28.0. The number of esters is 1. The van der Waals surface area contributed by atoms with Gasteiger partial charge in [0.2, 0.25) is 0 Å². The average Bonchev–Trinajstić information content (AvgIpc) is 3.19. The van der Waals surface area contributed by atoms with E-state index in [1.54, 1.807) is 0 Å². The van der Waals surface area contributed by atoms with E-state index in [9.17, 15) is 49.8 Å². The predicted octanol–water partition coefficient (Wildman–Crippen LogP) is 3.07. The van der Waals surface area contributed by atoms with Crippen LogP contribution in [-0.2, 0) is 25.5 Å². The molecule has 0 unspecified atom stereocenters. The van der Waals surface area contributed by atoms with Gasteiger partial charge < -0.3 is 40.1 Å². The Hall–Kier alpha value is -4.81. The molecule has 6 aliphatic rings. The zero-order chi connectivity index (χ0) is 31.8. The lowest BCUT2D eigenvalue weighted by molar-refractivity contribution is -0.169. The largest absolute Gasteiger partial charge is 0.507 e. The number of carbonyl (C=O) groups is 4. The number of benzene rings is 2. The number of ether oxygens (including phenoxy) is 2. The highest BCUT2D eigenvalue weighted by molar-refractivity contribution is 6.34. The Kier molecular flexibility index (Phi) is 5.50. The highest BCUT2D eigenvalue weighted by atomic mass is 35.5. The Balaban J connectivity index is 1.60. The molecule has 12 nitrogen and oxygen atoms in total. The van der Waals surface area contributed by atoms with Gasteiger partial charge in [-0.2, -0.15) is 0 Å². The van der Waals surface area contributed by atoms with Gasteiger partial charge in [-0.3, -0.25) is 14.4 Å². The number of allylic oxidation sites excluding steroid dienone is 3. The molecule has 0 radical (unpaired) electrons. The average molecular weight is 623 g/mol. The van der Waals surface area contributed by atoms with Crippen LogP contribution in [0.2, 0.25) is 5.02 Å². The van der Waals surface area contributed by atoms with Gasteiger partial charge in [0.25, 0.3) is 5.60 Å². The standard InChI is InChI=1S/C31H23ClO12/c1-9-7-30-8-10-16(15(9)23(37)21(30)24(38)17-11(33)3-4-12(34)18(17)28(30)41)27-19(26(40)22(10)32)25(39)20-13(35)5-6-14(36)31(20,44-27)29(42)43-2/h3-4,7,14-15,33-34,36,38-40H,5-6,8H2,1-2H3/t14-,15+,30-,31+/m0/s1. The van der Waals surface area contributed by atoms with Crippen molar-refractivity contribution in [1.29, 1.82) is 0 Å². The van der Waals surface area contributed by atoms with Crippen LogP contribution in [0.4, 0.5) is 0 Å². The number of phenols is 3. The predicted molar refractivity (Wildman–Crippen MR) is 150 cm³/mol. The second kappa shape index (κ2) is 8.64. The lowest BCUT2D eigenvalue weighted by atomic mass is 9.61. The van der Waals surface area contributed by atoms with Crippen LogP contribution in [0.25, 0.3) is 11.5 Å². The van der Waals surface area contributed by atoms with Crippen LogP contribution < -0.4 is 4.74 Å². The van der Waals surface area contributed by atoms with Crippen molar-refractivity contribution >= 4 is 46.4 Å². The first-order chi connectivity index (χ1) is 20.7. The van der Waals surface area contributed by atoms with E-state index in [1.165, 1.54) is 13.0 Å². The van der Waals surface area contributed by atoms with Crippen LogP contribution in [0.1, 0.15) is 58.3 Å². The number of rotatable bonds is 1. The topological polar surface area (TPSA) is 208 Å². The number of hydrogen-bond acceptors (Lipinski definition) is 12. The van der Waals surface area contributed by atoms with Gasteiger partial charge in [-0.1, -0.05) is 23.3 Å². The molecule has 44 heavy (non-hydrogen) atoms. The fourth-order valence-electron chi connectivity index (χ4n) is 7.55. The van der Waals surface area contributed by atoms with E-state index >= 15 is 0 Å². The number of Topliss-reactive ketones (excluding diaryl/α,β-unsaturated/α-hetero) is 3. The Morgan fingerprint density at radius 3 is 2.30 bits per heavy atom. The maximum atomic E-state index is 14.4. The van der Waals surface area contributed by atoms with Crippen LogP contribution in [0.3, 0.4) is 0 Å². The Morgan fingerprint density at radius 1 is 1.00 bits per heavy atom. The second-order valence-electron chi connectivity index (χ2n) is 11.5. The minimum atomic E-state index is -2.57. The highest BCUT2D eigenvalue weighted by Gasteiger charge is 2.64. The molecule has 1 heterocycles. The fourth-order valence-corrected chi connectivity index (χ4v) is 7.81. The van der Waals surface area contributed by atoms with Gasteiger partial charge in [-0.25, -0.2) is 4.79 Å². The molecule has 1 aliphatic heterocycles. The summed E-state index contributed by atoms with van der Waals surface area (Å²) >= 11 is 6.69. The highest BCUT2D eigenvalue weighted by Crippen LogP contribution is 2.63. The van der Waals surface area contributed by atoms with Gasteiger partial charge in [0.15, 0.2) is 17.3 Å². The van der Waals surface area contributed by atoms with Gasteiger partial charge in [0, 0.05) is 12.0 Å². The van der Waals surface area contributed by atoms with E-state index in [4.69, 9.17) is 21.1 Å². The summed E-state index contributed by atoms with van der Waals surface area (Å²) in [5.41, 5.74) is -6.82. The maximum absolute atomic E-state index is 14.4. The van der Waals surface area contributed by atoms with Crippen molar-refractivity contribution in [3.05, 3.63) is 67.8 Å². The number of aliphatic hydroxyl groups excluding tert-OH is 3. The Morgan fingerprint density at radius 2 is 1.64 bits per heavy atom. The normalized spacial score (nSPS) is 28.3. The molecule has 5 aliphatic carbocycles. The molecule has 2 aromatic rings. The van der Waals surface area contributed by atoms with Crippen LogP contribution in [0, 0.1) is 5.41 Å². The number of fused-ring (bicyclic) bond motifs is 3. The summed E-state index contributed by atoms with van der Waals surface area (Å²) < 4.78 is 11.1. The molecule has 0 amide bonds. The molecule has 4 atom stereocenters. The molecule has 1 fully saturated rings. The molecule has 226 valence electrons. The van der Waals surface area contributed by atoms with Crippen molar-refractivity contribution in [3.8, 4) is 23.0 Å². The van der Waals surface area contributed by atoms with E-state index in [-0.39, 0.29) is 29.5 Å². The molecule has 6 N–H and O–H groups in total. The fraction of sp³-hybridized carbons (Fsp3) is 0.290. The third kappa shape index (κ3) is 2.96. The smallest absolute Gasteiger partial charge is 0.358 e. The Labute approximate surface area is 252 Å².